The van der Waals surface area contributed by atoms with Gasteiger partial charge in [-0.15, -0.1) is 22.7 Å². The monoisotopic (exact) mass is 224 g/mol. The molecular weight excluding hydrogens is 212 g/mol. The summed E-state index contributed by atoms with van der Waals surface area (Å²) in [6, 6.07) is 4.31. The molecule has 0 saturated carbocycles. The molecule has 0 aliphatic rings. The number of nitrogens with two attached hydrogens (primary N) is 1. The molecule has 14 heavy (non-hydrogen) atoms. The lowest BCUT2D eigenvalue weighted by Crippen LogP contribution is -1.94. The Labute approximate surface area is 91.4 Å². The summed E-state index contributed by atoms with van der Waals surface area (Å²) in [5.74, 6) is 0. The zero-order chi connectivity index (χ0) is 9.97. The van der Waals surface area contributed by atoms with Crippen molar-refractivity contribution in [2.75, 3.05) is 0 Å². The molecular formula is C10H12N2S2. The first-order valence-electron chi connectivity index (χ1n) is 4.57. The van der Waals surface area contributed by atoms with E-state index in [1.165, 1.54) is 9.75 Å². The summed E-state index contributed by atoms with van der Waals surface area (Å²) in [6.07, 6.45) is 1.10. The predicted octanol–water partition coefficient (Wildman–Crippen LogP) is 2.89. The molecule has 2 aromatic rings. The van der Waals surface area contributed by atoms with Crippen LogP contribution in [0.4, 0.5) is 0 Å². The highest BCUT2D eigenvalue weighted by molar-refractivity contribution is 7.16. The Bertz CT molecular complexity index is 377. The first-order valence-corrected chi connectivity index (χ1v) is 6.26. The highest BCUT2D eigenvalue weighted by atomic mass is 32.1. The van der Waals surface area contributed by atoms with Crippen molar-refractivity contribution in [3.63, 3.8) is 0 Å². The number of aromatic nitrogens is 1. The van der Waals surface area contributed by atoms with Crippen LogP contribution in [0, 0.1) is 0 Å². The topological polar surface area (TPSA) is 38.9 Å². The Morgan fingerprint density at radius 2 is 2.29 bits per heavy atom. The summed E-state index contributed by atoms with van der Waals surface area (Å²) in [6.45, 7) is 2.71. The van der Waals surface area contributed by atoms with E-state index in [9.17, 15) is 0 Å². The fourth-order valence-electron chi connectivity index (χ4n) is 1.22. The fraction of sp³-hybridized carbons (Fsp3) is 0.300. The van der Waals surface area contributed by atoms with E-state index in [-0.39, 0.29) is 0 Å². The number of rotatable bonds is 3. The normalized spacial score (nSPS) is 10.7. The van der Waals surface area contributed by atoms with E-state index < -0.39 is 0 Å². The van der Waals surface area contributed by atoms with Crippen molar-refractivity contribution in [1.82, 2.24) is 4.98 Å². The molecule has 0 unspecified atom stereocenters. The van der Waals surface area contributed by atoms with Crippen LogP contribution in [0.15, 0.2) is 17.5 Å². The van der Waals surface area contributed by atoms with Gasteiger partial charge in [0.2, 0.25) is 0 Å². The molecule has 2 nitrogen and oxygen atoms in total. The highest BCUT2D eigenvalue weighted by Crippen LogP contribution is 2.29. The minimum atomic E-state index is 0.538. The predicted molar refractivity (Wildman–Crippen MR) is 62.7 cm³/mol. The Morgan fingerprint density at radius 3 is 2.86 bits per heavy atom. The Kier molecular flexibility index (Phi) is 2.96. The lowest BCUT2D eigenvalue weighted by Gasteiger charge is -1.88. The zero-order valence-corrected chi connectivity index (χ0v) is 9.62. The van der Waals surface area contributed by atoms with Gasteiger partial charge >= 0.3 is 0 Å². The Balaban J connectivity index is 2.29. The van der Waals surface area contributed by atoms with Gasteiger partial charge in [0.1, 0.15) is 5.01 Å². The van der Waals surface area contributed by atoms with Crippen LogP contribution in [0.5, 0.6) is 0 Å². The van der Waals surface area contributed by atoms with Gasteiger partial charge in [-0.05, 0) is 18.6 Å². The van der Waals surface area contributed by atoms with Crippen molar-refractivity contribution in [2.45, 2.75) is 19.9 Å². The van der Waals surface area contributed by atoms with Crippen LogP contribution in [-0.2, 0) is 13.0 Å². The second-order valence-corrected chi connectivity index (χ2v) is 5.06. The third kappa shape index (κ3) is 1.87. The molecule has 0 aromatic carbocycles. The van der Waals surface area contributed by atoms with E-state index in [1.807, 2.05) is 11.3 Å². The maximum Gasteiger partial charge on any atom is 0.107 e. The van der Waals surface area contributed by atoms with Crippen LogP contribution in [0.25, 0.3) is 10.6 Å². The number of thiazole rings is 1. The molecule has 0 fully saturated rings. The van der Waals surface area contributed by atoms with Gasteiger partial charge in [-0.25, -0.2) is 4.98 Å². The fourth-order valence-corrected chi connectivity index (χ4v) is 2.88. The van der Waals surface area contributed by atoms with Crippen LogP contribution in [0.1, 0.15) is 16.8 Å². The van der Waals surface area contributed by atoms with Crippen LogP contribution < -0.4 is 5.73 Å². The number of aryl methyl sites for hydroxylation is 1. The van der Waals surface area contributed by atoms with Crippen LogP contribution in [0.3, 0.4) is 0 Å². The van der Waals surface area contributed by atoms with Crippen molar-refractivity contribution in [3.05, 3.63) is 27.4 Å². The van der Waals surface area contributed by atoms with E-state index in [4.69, 9.17) is 5.73 Å². The van der Waals surface area contributed by atoms with Crippen molar-refractivity contribution in [3.8, 4) is 10.6 Å². The molecule has 0 radical (unpaired) electrons. The maximum atomic E-state index is 5.52. The average Bonchev–Trinajstić information content (AvgIpc) is 2.86. The zero-order valence-electron chi connectivity index (χ0n) is 7.99. The third-order valence-corrected chi connectivity index (χ3v) is 4.11. The second-order valence-electron chi connectivity index (χ2n) is 2.95. The summed E-state index contributed by atoms with van der Waals surface area (Å²) in [7, 11) is 0. The summed E-state index contributed by atoms with van der Waals surface area (Å²) in [5.41, 5.74) is 6.59. The molecule has 0 saturated heterocycles. The van der Waals surface area contributed by atoms with E-state index in [2.05, 4.69) is 29.4 Å². The second kappa shape index (κ2) is 4.21. The van der Waals surface area contributed by atoms with Crippen molar-refractivity contribution < 1.29 is 0 Å². The van der Waals surface area contributed by atoms with Gasteiger partial charge in [-0.1, -0.05) is 6.92 Å². The lowest BCUT2D eigenvalue weighted by atomic mass is 10.3. The highest BCUT2D eigenvalue weighted by Gasteiger charge is 2.05. The van der Waals surface area contributed by atoms with Crippen LogP contribution >= 0.6 is 22.7 Å². The number of hydrogen-bond acceptors (Lipinski definition) is 4. The average molecular weight is 224 g/mol. The van der Waals surface area contributed by atoms with Crippen LogP contribution in [-0.4, -0.2) is 4.98 Å². The molecule has 0 bridgehead atoms. The molecule has 2 N–H and O–H groups in total. The van der Waals surface area contributed by atoms with Gasteiger partial charge in [0.15, 0.2) is 0 Å². The molecule has 0 aliphatic carbocycles. The summed E-state index contributed by atoms with van der Waals surface area (Å²) >= 11 is 3.44. The maximum absolute atomic E-state index is 5.52. The van der Waals surface area contributed by atoms with Gasteiger partial charge in [0.25, 0.3) is 0 Å². The van der Waals surface area contributed by atoms with E-state index in [1.54, 1.807) is 11.3 Å². The third-order valence-electron chi connectivity index (χ3n) is 1.99. The minimum absolute atomic E-state index is 0.538. The van der Waals surface area contributed by atoms with E-state index >= 15 is 0 Å². The first kappa shape index (κ1) is 9.83. The smallest absolute Gasteiger partial charge is 0.107 e. The molecule has 0 amide bonds. The number of nitrogens with zero attached hydrogens (tertiary/aromatic N) is 1. The van der Waals surface area contributed by atoms with Gasteiger partial charge in [0, 0.05) is 16.8 Å². The van der Waals surface area contributed by atoms with Gasteiger partial charge in [-0.3, -0.25) is 0 Å². The summed E-state index contributed by atoms with van der Waals surface area (Å²) < 4.78 is 0. The lowest BCUT2D eigenvalue weighted by molar-refractivity contribution is 1.04. The van der Waals surface area contributed by atoms with E-state index in [0.29, 0.717) is 6.54 Å². The quantitative estimate of drug-likeness (QED) is 0.870. The summed E-state index contributed by atoms with van der Waals surface area (Å²) in [4.78, 5) is 7.10. The molecule has 0 spiro atoms. The Morgan fingerprint density at radius 1 is 1.43 bits per heavy atom. The first-order chi connectivity index (χ1) is 6.83. The van der Waals surface area contributed by atoms with Crippen LogP contribution in [0.2, 0.25) is 0 Å². The summed E-state index contributed by atoms with van der Waals surface area (Å²) in [5, 5.41) is 3.08. The minimum Gasteiger partial charge on any atom is -0.325 e. The van der Waals surface area contributed by atoms with Crippen molar-refractivity contribution in [1.29, 1.82) is 0 Å². The molecule has 2 aromatic heterocycles. The van der Waals surface area contributed by atoms with Crippen molar-refractivity contribution in [2.24, 2.45) is 5.73 Å². The van der Waals surface area contributed by atoms with Gasteiger partial charge in [0.05, 0.1) is 10.6 Å². The van der Waals surface area contributed by atoms with Crippen molar-refractivity contribution >= 4 is 22.7 Å². The molecule has 2 rings (SSSR count). The SMILES string of the molecule is CCc1ccc(-c2csc(CN)n2)s1. The molecule has 0 atom stereocenters. The molecule has 0 aliphatic heterocycles. The standard InChI is InChI=1S/C10H12N2S2/c1-2-7-3-4-9(14-7)8-6-13-10(5-11)12-8/h3-4,6H,2,5,11H2,1H3. The van der Waals surface area contributed by atoms with Gasteiger partial charge in [-0.2, -0.15) is 0 Å². The van der Waals surface area contributed by atoms with E-state index in [0.717, 1.165) is 17.1 Å². The number of thiophene rings is 1. The number of hydrogen-bond donors (Lipinski definition) is 1. The molecule has 2 heterocycles. The molecule has 74 valence electrons. The van der Waals surface area contributed by atoms with Gasteiger partial charge < -0.3 is 5.73 Å². The molecule has 4 heteroatoms. The largest absolute Gasteiger partial charge is 0.325 e. The Hall–Kier alpha value is -0.710.